The van der Waals surface area contributed by atoms with Gasteiger partial charge in [-0.05, 0) is 37.1 Å². The van der Waals surface area contributed by atoms with E-state index in [2.05, 4.69) is 15.5 Å². The molecule has 0 spiro atoms. The fraction of sp³-hybridized carbons (Fsp3) is 0.235. The summed E-state index contributed by atoms with van der Waals surface area (Å²) in [7, 11) is 0. The lowest BCUT2D eigenvalue weighted by molar-refractivity contribution is -0.137. The molecule has 1 aliphatic carbocycles. The summed E-state index contributed by atoms with van der Waals surface area (Å²) >= 11 is 1.31. The van der Waals surface area contributed by atoms with Crippen molar-refractivity contribution < 1.29 is 22.4 Å². The molecule has 2 heterocycles. The zero-order valence-electron chi connectivity index (χ0n) is 13.2. The molecule has 26 heavy (non-hydrogen) atoms. The number of nitrogens with zero attached hydrogens (tertiary/aromatic N) is 2. The third-order valence-corrected chi connectivity index (χ3v) is 4.89. The molecule has 0 radical (unpaired) electrons. The second kappa shape index (κ2) is 6.24. The monoisotopic (exact) mass is 379 g/mol. The fourth-order valence-corrected chi connectivity index (χ4v) is 3.31. The number of alkyl halides is 3. The Balaban J connectivity index is 1.51. The van der Waals surface area contributed by atoms with Crippen LogP contribution in [0.5, 0.6) is 0 Å². The number of hydrogen-bond donors (Lipinski definition) is 1. The number of benzene rings is 1. The predicted molar refractivity (Wildman–Crippen MR) is 89.0 cm³/mol. The van der Waals surface area contributed by atoms with Crippen molar-refractivity contribution in [2.24, 2.45) is 0 Å². The molecular weight excluding hydrogens is 367 g/mol. The van der Waals surface area contributed by atoms with Crippen LogP contribution in [0.4, 0.5) is 18.3 Å². The largest absolute Gasteiger partial charge is 0.451 e. The van der Waals surface area contributed by atoms with Gasteiger partial charge in [0, 0.05) is 11.5 Å². The number of rotatable bonds is 4. The highest BCUT2D eigenvalue weighted by Crippen LogP contribution is 2.42. The summed E-state index contributed by atoms with van der Waals surface area (Å²) < 4.78 is 43.9. The maximum Gasteiger partial charge on any atom is 0.416 e. The third kappa shape index (κ3) is 3.48. The van der Waals surface area contributed by atoms with Crippen molar-refractivity contribution in [2.45, 2.75) is 24.9 Å². The molecule has 2 aromatic heterocycles. The summed E-state index contributed by atoms with van der Waals surface area (Å²) in [6.45, 7) is 0. The van der Waals surface area contributed by atoms with Crippen molar-refractivity contribution in [1.29, 1.82) is 0 Å². The van der Waals surface area contributed by atoms with Gasteiger partial charge >= 0.3 is 6.18 Å². The van der Waals surface area contributed by atoms with E-state index in [1.54, 1.807) is 0 Å². The second-order valence-electron chi connectivity index (χ2n) is 5.92. The first-order chi connectivity index (χ1) is 12.4. The highest BCUT2D eigenvalue weighted by molar-refractivity contribution is 7.15. The van der Waals surface area contributed by atoms with Crippen molar-refractivity contribution >= 4 is 22.4 Å². The van der Waals surface area contributed by atoms with Gasteiger partial charge in [0.1, 0.15) is 10.8 Å². The summed E-state index contributed by atoms with van der Waals surface area (Å²) in [6, 6.07) is 7.61. The Kier molecular flexibility index (Phi) is 4.03. The molecule has 1 amide bonds. The molecule has 1 N–H and O–H groups in total. The van der Waals surface area contributed by atoms with E-state index in [-0.39, 0.29) is 17.1 Å². The number of halogens is 3. The van der Waals surface area contributed by atoms with Gasteiger partial charge in [0.05, 0.1) is 5.56 Å². The standard InChI is InChI=1S/C17H12F3N3O2S/c18-17(19,20)11-3-1-2-10(8-11)12-6-7-13(25-12)14(24)21-16-23-22-15(26-16)9-4-5-9/h1-3,6-9H,4-5H2,(H,21,23,24). The molecule has 0 saturated heterocycles. The van der Waals surface area contributed by atoms with Crippen molar-refractivity contribution in [3.63, 3.8) is 0 Å². The smallest absolute Gasteiger partial charge is 0.416 e. The molecule has 1 aliphatic rings. The lowest BCUT2D eigenvalue weighted by atomic mass is 10.1. The lowest BCUT2D eigenvalue weighted by Gasteiger charge is -2.07. The number of carbonyl (C=O) groups is 1. The average Bonchev–Trinajstić information content (AvgIpc) is 3.15. The van der Waals surface area contributed by atoms with Gasteiger partial charge in [-0.15, -0.1) is 10.2 Å². The lowest BCUT2D eigenvalue weighted by Crippen LogP contribution is -2.10. The Hall–Kier alpha value is -2.68. The number of furan rings is 1. The molecule has 1 fully saturated rings. The van der Waals surface area contributed by atoms with Crippen LogP contribution in [0.2, 0.25) is 0 Å². The van der Waals surface area contributed by atoms with Gasteiger partial charge in [0.2, 0.25) is 5.13 Å². The zero-order valence-corrected chi connectivity index (χ0v) is 14.0. The molecular formula is C17H12F3N3O2S. The first-order valence-electron chi connectivity index (χ1n) is 7.82. The van der Waals surface area contributed by atoms with Gasteiger partial charge in [-0.25, -0.2) is 0 Å². The molecule has 3 aromatic rings. The molecule has 1 saturated carbocycles. The van der Waals surface area contributed by atoms with Crippen LogP contribution in [0, 0.1) is 0 Å². The number of carbonyl (C=O) groups excluding carboxylic acids is 1. The highest BCUT2D eigenvalue weighted by atomic mass is 32.1. The Morgan fingerprint density at radius 3 is 2.73 bits per heavy atom. The van der Waals surface area contributed by atoms with Crippen molar-refractivity contribution in [3.05, 3.63) is 52.7 Å². The van der Waals surface area contributed by atoms with E-state index in [0.717, 1.165) is 30.0 Å². The van der Waals surface area contributed by atoms with Crippen LogP contribution < -0.4 is 5.32 Å². The van der Waals surface area contributed by atoms with Gasteiger partial charge in [0.15, 0.2) is 5.76 Å². The SMILES string of the molecule is O=C(Nc1nnc(C2CC2)s1)c1ccc(-c2cccc(C(F)(F)F)c2)o1. The third-order valence-electron chi connectivity index (χ3n) is 3.89. The Morgan fingerprint density at radius 1 is 1.19 bits per heavy atom. The van der Waals surface area contributed by atoms with E-state index in [9.17, 15) is 18.0 Å². The van der Waals surface area contributed by atoms with Gasteiger partial charge in [-0.2, -0.15) is 13.2 Å². The summed E-state index contributed by atoms with van der Waals surface area (Å²) in [5, 5.41) is 11.8. The van der Waals surface area contributed by atoms with E-state index in [0.29, 0.717) is 11.0 Å². The van der Waals surface area contributed by atoms with Gasteiger partial charge in [-0.3, -0.25) is 10.1 Å². The maximum absolute atomic E-state index is 12.8. The summed E-state index contributed by atoms with van der Waals surface area (Å²) in [6.07, 6.45) is -2.28. The van der Waals surface area contributed by atoms with Crippen LogP contribution in [-0.2, 0) is 6.18 Å². The molecule has 4 rings (SSSR count). The van der Waals surface area contributed by atoms with Crippen molar-refractivity contribution in [1.82, 2.24) is 10.2 Å². The normalized spacial score (nSPS) is 14.4. The molecule has 0 bridgehead atoms. The number of amides is 1. The minimum Gasteiger partial charge on any atom is -0.451 e. The van der Waals surface area contributed by atoms with E-state index < -0.39 is 17.6 Å². The van der Waals surface area contributed by atoms with Crippen molar-refractivity contribution in [3.8, 4) is 11.3 Å². The molecule has 9 heteroatoms. The van der Waals surface area contributed by atoms with E-state index >= 15 is 0 Å². The molecule has 0 atom stereocenters. The Bertz CT molecular complexity index is 960. The van der Waals surface area contributed by atoms with E-state index in [4.69, 9.17) is 4.42 Å². The zero-order chi connectivity index (χ0) is 18.3. The summed E-state index contributed by atoms with van der Waals surface area (Å²) in [5.41, 5.74) is -0.537. The number of anilines is 1. The highest BCUT2D eigenvalue weighted by Gasteiger charge is 2.31. The fourth-order valence-electron chi connectivity index (χ4n) is 2.40. The first kappa shape index (κ1) is 16.8. The van der Waals surface area contributed by atoms with Gasteiger partial charge < -0.3 is 4.42 Å². The number of aromatic nitrogens is 2. The van der Waals surface area contributed by atoms with Crippen molar-refractivity contribution in [2.75, 3.05) is 5.32 Å². The van der Waals surface area contributed by atoms with Crippen LogP contribution in [0.15, 0.2) is 40.8 Å². The van der Waals surface area contributed by atoms with Crippen LogP contribution in [0.3, 0.4) is 0 Å². The van der Waals surface area contributed by atoms with E-state index in [1.165, 1.54) is 35.6 Å². The molecule has 134 valence electrons. The van der Waals surface area contributed by atoms with Crippen LogP contribution in [0.25, 0.3) is 11.3 Å². The molecule has 0 aliphatic heterocycles. The summed E-state index contributed by atoms with van der Waals surface area (Å²) in [4.78, 5) is 12.2. The number of hydrogen-bond acceptors (Lipinski definition) is 5. The van der Waals surface area contributed by atoms with Gasteiger partial charge in [0.25, 0.3) is 5.91 Å². The minimum absolute atomic E-state index is 0.0133. The topological polar surface area (TPSA) is 68.0 Å². The molecule has 0 unspecified atom stereocenters. The van der Waals surface area contributed by atoms with Crippen LogP contribution in [0.1, 0.15) is 39.9 Å². The van der Waals surface area contributed by atoms with Crippen LogP contribution >= 0.6 is 11.3 Å². The summed E-state index contributed by atoms with van der Waals surface area (Å²) in [5.74, 6) is 0.0776. The molecule has 5 nitrogen and oxygen atoms in total. The van der Waals surface area contributed by atoms with Crippen LogP contribution in [-0.4, -0.2) is 16.1 Å². The average molecular weight is 379 g/mol. The molecule has 1 aromatic carbocycles. The Morgan fingerprint density at radius 2 is 2.00 bits per heavy atom. The number of nitrogens with one attached hydrogen (secondary N) is 1. The quantitative estimate of drug-likeness (QED) is 0.697. The van der Waals surface area contributed by atoms with E-state index in [1.807, 2.05) is 0 Å². The van der Waals surface area contributed by atoms with Gasteiger partial charge in [-0.1, -0.05) is 23.5 Å². The first-order valence-corrected chi connectivity index (χ1v) is 8.64. The predicted octanol–water partition coefficient (Wildman–Crippen LogP) is 4.95. The minimum atomic E-state index is -4.44. The Labute approximate surface area is 149 Å². The maximum atomic E-state index is 12.8. The second-order valence-corrected chi connectivity index (χ2v) is 6.93.